The van der Waals surface area contributed by atoms with E-state index in [1.54, 1.807) is 43.0 Å². The van der Waals surface area contributed by atoms with Crippen molar-refractivity contribution in [2.24, 2.45) is 7.05 Å². The molecule has 5 rings (SSSR count). The third kappa shape index (κ3) is 6.24. The topological polar surface area (TPSA) is 121 Å². The number of hydrogen-bond acceptors (Lipinski definition) is 8. The van der Waals surface area contributed by atoms with Gasteiger partial charge >= 0.3 is 17.8 Å². The summed E-state index contributed by atoms with van der Waals surface area (Å²) in [5.41, 5.74) is 0.425. The van der Waals surface area contributed by atoms with Crippen LogP contribution in [0.4, 0.5) is 24.8 Å². The molecule has 0 bridgehead atoms. The van der Waals surface area contributed by atoms with Crippen LogP contribution in [-0.4, -0.2) is 58.0 Å². The molecule has 1 aliphatic heterocycles. The van der Waals surface area contributed by atoms with Crippen molar-refractivity contribution in [1.82, 2.24) is 19.7 Å². The second-order valence-corrected chi connectivity index (χ2v) is 12.6. The number of alkyl halides is 3. The highest BCUT2D eigenvalue weighted by molar-refractivity contribution is 7.01. The number of quaternary nitrogens is 1. The Morgan fingerprint density at radius 2 is 2.00 bits per heavy atom. The first-order valence-corrected chi connectivity index (χ1v) is 14.6. The number of benzene rings is 2. The number of hydrogen-bond donors (Lipinski definition) is 1. The number of halogens is 3. The highest BCUT2D eigenvalue weighted by Crippen LogP contribution is 2.43. The maximum atomic E-state index is 13.7. The van der Waals surface area contributed by atoms with Crippen molar-refractivity contribution in [3.63, 3.8) is 0 Å². The van der Waals surface area contributed by atoms with Crippen LogP contribution in [0.15, 0.2) is 64.9 Å². The van der Waals surface area contributed by atoms with E-state index in [9.17, 15) is 28.0 Å². The third-order valence-corrected chi connectivity index (χ3v) is 8.54. The van der Waals surface area contributed by atoms with Gasteiger partial charge in [0.25, 0.3) is 11.3 Å². The zero-order valence-corrected chi connectivity index (χ0v) is 26.0. The van der Waals surface area contributed by atoms with Gasteiger partial charge in [-0.05, 0) is 53.4 Å². The molecular formula is C30H31F3N8O3S+2. The van der Waals surface area contributed by atoms with Gasteiger partial charge in [0.2, 0.25) is 5.95 Å². The lowest BCUT2D eigenvalue weighted by Gasteiger charge is -2.36. The molecule has 4 aromatic rings. The number of fused-ring (bicyclic) bond motifs is 1. The average Bonchev–Trinajstić information content (AvgIpc) is 3.58. The number of H-pyrrole nitrogens is 1. The molecule has 0 radical (unpaired) electrons. The Hall–Kier alpha value is -4.81. The molecule has 0 fully saturated rings. The average molecular weight is 641 g/mol. The van der Waals surface area contributed by atoms with E-state index in [4.69, 9.17) is 4.74 Å². The normalized spacial score (nSPS) is 15.2. The van der Waals surface area contributed by atoms with Gasteiger partial charge in [-0.25, -0.2) is 19.3 Å². The van der Waals surface area contributed by atoms with E-state index < -0.39 is 29.4 Å². The smallest absolute Gasteiger partial charge is 0.416 e. The molecule has 0 saturated heterocycles. The molecule has 2 aromatic carbocycles. The molecule has 0 amide bonds. The summed E-state index contributed by atoms with van der Waals surface area (Å²) in [6.07, 6.45) is -2.40. The quantitative estimate of drug-likeness (QED) is 0.177. The SMILES string of the molecule is COC(=O)C1=C(C)N(c2cccc(C(F)(F)F)c2)c2n[nH]c(=O)n2[C@@H]1c1ccc(C#N)cc1CC[N+](C)(C)Cc1nc[n+](C)s1. The van der Waals surface area contributed by atoms with E-state index in [1.807, 2.05) is 11.0 Å². The number of aromatic nitrogens is 5. The molecule has 3 heterocycles. The van der Waals surface area contributed by atoms with Crippen LogP contribution in [-0.2, 0) is 35.7 Å². The van der Waals surface area contributed by atoms with E-state index >= 15 is 0 Å². The number of rotatable bonds is 8. The Balaban J connectivity index is 1.65. The van der Waals surface area contributed by atoms with Crippen molar-refractivity contribution < 1.29 is 31.1 Å². The molecule has 1 N–H and O–H groups in total. The predicted molar refractivity (Wildman–Crippen MR) is 158 cm³/mol. The number of aromatic amines is 1. The number of nitrogens with one attached hydrogen (secondary N) is 1. The molecule has 0 unspecified atom stereocenters. The van der Waals surface area contributed by atoms with Gasteiger partial charge in [0, 0.05) is 17.8 Å². The Labute approximate surface area is 260 Å². The zero-order chi connectivity index (χ0) is 32.7. The van der Waals surface area contributed by atoms with E-state index in [1.165, 1.54) is 28.7 Å². The summed E-state index contributed by atoms with van der Waals surface area (Å²) < 4.78 is 49.8. The molecule has 1 aliphatic rings. The lowest BCUT2D eigenvalue weighted by molar-refractivity contribution is -0.903. The van der Waals surface area contributed by atoms with Gasteiger partial charge < -0.3 is 9.22 Å². The maximum Gasteiger partial charge on any atom is 0.416 e. The first kappa shape index (κ1) is 31.6. The number of nitriles is 1. The van der Waals surface area contributed by atoms with Gasteiger partial charge in [-0.3, -0.25) is 4.90 Å². The minimum atomic E-state index is -4.62. The fraction of sp³-hybridized carbons (Fsp3) is 0.333. The summed E-state index contributed by atoms with van der Waals surface area (Å²) in [5, 5.41) is 17.2. The fourth-order valence-corrected chi connectivity index (χ4v) is 6.46. The molecule has 2 aromatic heterocycles. The van der Waals surface area contributed by atoms with Crippen LogP contribution in [0.25, 0.3) is 0 Å². The van der Waals surface area contributed by atoms with Crippen molar-refractivity contribution in [3.05, 3.63) is 97.8 Å². The Morgan fingerprint density at radius 1 is 1.24 bits per heavy atom. The van der Waals surface area contributed by atoms with Crippen molar-refractivity contribution in [2.75, 3.05) is 32.6 Å². The Kier molecular flexibility index (Phi) is 8.39. The first-order valence-electron chi connectivity index (χ1n) is 13.8. The molecule has 234 valence electrons. The number of carbonyl (C=O) groups is 1. The van der Waals surface area contributed by atoms with Crippen LogP contribution in [0.1, 0.15) is 40.2 Å². The molecule has 0 aliphatic carbocycles. The lowest BCUT2D eigenvalue weighted by Crippen LogP contribution is -2.41. The Bertz CT molecular complexity index is 1900. The highest BCUT2D eigenvalue weighted by Gasteiger charge is 2.41. The van der Waals surface area contributed by atoms with E-state index in [0.29, 0.717) is 35.1 Å². The minimum absolute atomic E-state index is 0.00228. The third-order valence-electron chi connectivity index (χ3n) is 7.71. The monoisotopic (exact) mass is 640 g/mol. The largest absolute Gasteiger partial charge is 0.466 e. The fourth-order valence-electron chi connectivity index (χ4n) is 5.53. The zero-order valence-electron chi connectivity index (χ0n) is 25.2. The van der Waals surface area contributed by atoms with Gasteiger partial charge in [0.1, 0.15) is 6.04 Å². The number of likely N-dealkylation sites (N-methyl/N-ethyl adjacent to an activating group) is 1. The van der Waals surface area contributed by atoms with Crippen LogP contribution < -0.4 is 14.5 Å². The van der Waals surface area contributed by atoms with E-state index in [0.717, 1.165) is 22.7 Å². The molecule has 0 spiro atoms. The Morgan fingerprint density at radius 3 is 2.64 bits per heavy atom. The number of carbonyl (C=O) groups excluding carboxylic acids is 1. The summed E-state index contributed by atoms with van der Waals surface area (Å²) in [7, 11) is 7.23. The molecule has 1 atom stereocenters. The van der Waals surface area contributed by atoms with Crippen molar-refractivity contribution in [2.45, 2.75) is 32.1 Å². The van der Waals surface area contributed by atoms with Crippen molar-refractivity contribution in [3.8, 4) is 6.07 Å². The maximum absolute atomic E-state index is 13.7. The van der Waals surface area contributed by atoms with Gasteiger partial charge in [0.05, 0.1) is 69.1 Å². The summed E-state index contributed by atoms with van der Waals surface area (Å²) in [6, 6.07) is 10.7. The summed E-state index contributed by atoms with van der Waals surface area (Å²) in [6.45, 7) is 2.85. The van der Waals surface area contributed by atoms with E-state index in [2.05, 4.69) is 35.3 Å². The number of esters is 1. The van der Waals surface area contributed by atoms with Crippen LogP contribution >= 0.6 is 11.5 Å². The molecule has 0 saturated carbocycles. The second kappa shape index (κ2) is 11.9. The second-order valence-electron chi connectivity index (χ2n) is 11.3. The standard InChI is InChI=1S/C30H30F3N8O3S/c1-18-25(27(42)44-5)26(40-28(36-37-29(40)43)39(18)22-8-6-7-21(14-22)30(31,32)33)23-10-9-19(15-34)13-20(23)11-12-41(3,4)16-24-35-17-38(2)45-24/h6-10,13-14,17,26H,11-12,16H2,1-5H3/q+1/p+1/t26-/m1/s1. The van der Waals surface area contributed by atoms with E-state index in [-0.39, 0.29) is 22.9 Å². The number of methoxy groups -OCH3 is 1. The molecule has 45 heavy (non-hydrogen) atoms. The van der Waals surface area contributed by atoms with Gasteiger partial charge in [-0.2, -0.15) is 22.4 Å². The van der Waals surface area contributed by atoms with Crippen molar-refractivity contribution in [1.29, 1.82) is 5.26 Å². The minimum Gasteiger partial charge on any atom is -0.466 e. The van der Waals surface area contributed by atoms with Gasteiger partial charge in [-0.15, -0.1) is 5.10 Å². The molecule has 11 nitrogen and oxygen atoms in total. The highest BCUT2D eigenvalue weighted by atomic mass is 32.1. The van der Waals surface area contributed by atoms with Crippen LogP contribution in [0.3, 0.4) is 0 Å². The van der Waals surface area contributed by atoms with Crippen LogP contribution in [0, 0.1) is 11.3 Å². The predicted octanol–water partition coefficient (Wildman–Crippen LogP) is 3.75. The number of ether oxygens (including phenoxy) is 1. The summed E-state index contributed by atoms with van der Waals surface area (Å²) in [5.74, 6) is -0.770. The van der Waals surface area contributed by atoms with Crippen LogP contribution in [0.2, 0.25) is 0 Å². The molecule has 15 heteroatoms. The summed E-state index contributed by atoms with van der Waals surface area (Å²) >= 11 is 1.54. The lowest BCUT2D eigenvalue weighted by atomic mass is 9.89. The van der Waals surface area contributed by atoms with Gasteiger partial charge in [-0.1, -0.05) is 12.1 Å². The first-order chi connectivity index (χ1) is 21.2. The summed E-state index contributed by atoms with van der Waals surface area (Å²) in [4.78, 5) is 32.6. The van der Waals surface area contributed by atoms with Crippen molar-refractivity contribution >= 4 is 29.1 Å². The number of nitrogens with zero attached hydrogens (tertiary/aromatic N) is 7. The number of allylic oxidation sites excluding steroid dienone is 1. The van der Waals surface area contributed by atoms with Gasteiger partial charge in [0.15, 0.2) is 6.54 Å². The van der Waals surface area contributed by atoms with Crippen LogP contribution in [0.5, 0.6) is 0 Å². The number of anilines is 2. The molecular weight excluding hydrogens is 609 g/mol. The number of aryl methyl sites for hydroxylation is 1.